The fourth-order valence-corrected chi connectivity index (χ4v) is 2.89. The molecule has 100 valence electrons. The summed E-state index contributed by atoms with van der Waals surface area (Å²) in [5, 5.41) is 0.108. The minimum Gasteiger partial charge on any atom is -0.207 e. The molecule has 19 heavy (non-hydrogen) atoms. The minimum atomic E-state index is -1.00. The Morgan fingerprint density at radius 2 is 1.63 bits per heavy atom. The van der Waals surface area contributed by atoms with Crippen molar-refractivity contribution in [2.24, 2.45) is 0 Å². The van der Waals surface area contributed by atoms with Gasteiger partial charge >= 0.3 is 0 Å². The number of hydrogen-bond acceptors (Lipinski definition) is 0. The van der Waals surface area contributed by atoms with Crippen LogP contribution in [-0.2, 0) is 6.42 Å². The lowest BCUT2D eigenvalue weighted by atomic mass is 10.0. The van der Waals surface area contributed by atoms with E-state index in [1.165, 1.54) is 6.07 Å². The number of rotatable bonds is 3. The molecule has 5 heteroatoms. The van der Waals surface area contributed by atoms with Crippen molar-refractivity contribution < 1.29 is 13.2 Å². The summed E-state index contributed by atoms with van der Waals surface area (Å²) in [7, 11) is 0. The van der Waals surface area contributed by atoms with E-state index in [1.54, 1.807) is 18.2 Å². The molecule has 0 amide bonds. The predicted molar refractivity (Wildman–Crippen MR) is 73.1 cm³/mol. The highest BCUT2D eigenvalue weighted by Crippen LogP contribution is 2.34. The topological polar surface area (TPSA) is 0 Å². The molecule has 0 fully saturated rings. The maximum atomic E-state index is 13.5. The van der Waals surface area contributed by atoms with Crippen LogP contribution in [0.5, 0.6) is 0 Å². The van der Waals surface area contributed by atoms with E-state index in [1.807, 2.05) is 0 Å². The molecule has 0 aromatic heterocycles. The number of alkyl halides is 1. The Kier molecular flexibility index (Phi) is 4.53. The molecular weight excluding hydrogens is 341 g/mol. The normalized spacial score (nSPS) is 12.5. The zero-order valence-corrected chi connectivity index (χ0v) is 12.0. The number of halogens is 5. The van der Waals surface area contributed by atoms with Gasteiger partial charge in [-0.25, -0.2) is 13.2 Å². The molecule has 0 radical (unpaired) electrons. The van der Waals surface area contributed by atoms with Gasteiger partial charge < -0.3 is 0 Å². The first-order valence-electron chi connectivity index (χ1n) is 5.51. The second-order valence-electron chi connectivity index (χ2n) is 4.05. The Labute approximate surface area is 122 Å². The summed E-state index contributed by atoms with van der Waals surface area (Å²) in [4.78, 5) is -0.396. The SMILES string of the molecule is Fc1cc(Cl)c(C(Br)Cc2ccccc2F)cc1F. The highest BCUT2D eigenvalue weighted by atomic mass is 79.9. The third-order valence-corrected chi connectivity index (χ3v) is 3.88. The molecule has 0 aliphatic carbocycles. The quantitative estimate of drug-likeness (QED) is 0.511. The molecule has 0 aliphatic rings. The molecule has 1 atom stereocenters. The Morgan fingerprint density at radius 1 is 1.00 bits per heavy atom. The molecule has 0 heterocycles. The molecule has 2 aromatic carbocycles. The van der Waals surface area contributed by atoms with Crippen molar-refractivity contribution in [2.75, 3.05) is 0 Å². The Bertz CT molecular complexity index is 601. The van der Waals surface area contributed by atoms with Crippen LogP contribution >= 0.6 is 27.5 Å². The first-order chi connectivity index (χ1) is 8.99. The third kappa shape index (κ3) is 3.31. The largest absolute Gasteiger partial charge is 0.207 e. The van der Waals surface area contributed by atoms with Crippen molar-refractivity contribution in [3.63, 3.8) is 0 Å². The van der Waals surface area contributed by atoms with Gasteiger partial charge in [0.25, 0.3) is 0 Å². The van der Waals surface area contributed by atoms with E-state index in [-0.39, 0.29) is 17.3 Å². The van der Waals surface area contributed by atoms with Crippen molar-refractivity contribution in [1.29, 1.82) is 0 Å². The van der Waals surface area contributed by atoms with Crippen LogP contribution in [0.1, 0.15) is 16.0 Å². The van der Waals surface area contributed by atoms with Crippen LogP contribution in [0.25, 0.3) is 0 Å². The summed E-state index contributed by atoms with van der Waals surface area (Å²) in [6.45, 7) is 0. The molecule has 0 saturated heterocycles. The monoisotopic (exact) mass is 348 g/mol. The van der Waals surface area contributed by atoms with Crippen molar-refractivity contribution in [3.8, 4) is 0 Å². The van der Waals surface area contributed by atoms with Crippen LogP contribution < -0.4 is 0 Å². The van der Waals surface area contributed by atoms with Crippen LogP contribution in [0.3, 0.4) is 0 Å². The maximum absolute atomic E-state index is 13.5. The maximum Gasteiger partial charge on any atom is 0.160 e. The molecule has 0 saturated carbocycles. The highest BCUT2D eigenvalue weighted by Gasteiger charge is 2.17. The van der Waals surface area contributed by atoms with Crippen molar-refractivity contribution in [1.82, 2.24) is 0 Å². The molecule has 0 spiro atoms. The van der Waals surface area contributed by atoms with Crippen LogP contribution in [0.4, 0.5) is 13.2 Å². The Balaban J connectivity index is 2.28. The van der Waals surface area contributed by atoms with Gasteiger partial charge in [-0.15, -0.1) is 0 Å². The highest BCUT2D eigenvalue weighted by molar-refractivity contribution is 9.09. The van der Waals surface area contributed by atoms with Gasteiger partial charge in [0.1, 0.15) is 5.82 Å². The number of benzene rings is 2. The van der Waals surface area contributed by atoms with Gasteiger partial charge in [0.15, 0.2) is 11.6 Å². The second-order valence-corrected chi connectivity index (χ2v) is 5.56. The van der Waals surface area contributed by atoms with Gasteiger partial charge in [-0.05, 0) is 35.7 Å². The van der Waals surface area contributed by atoms with Gasteiger partial charge in [-0.1, -0.05) is 45.7 Å². The van der Waals surface area contributed by atoms with Gasteiger partial charge in [0, 0.05) is 9.85 Å². The lowest BCUT2D eigenvalue weighted by molar-refractivity contribution is 0.507. The van der Waals surface area contributed by atoms with E-state index in [0.29, 0.717) is 11.1 Å². The van der Waals surface area contributed by atoms with Gasteiger partial charge in [0.05, 0.1) is 0 Å². The summed E-state index contributed by atoms with van der Waals surface area (Å²) in [6.07, 6.45) is 0.289. The molecule has 2 rings (SSSR count). The summed E-state index contributed by atoms with van der Waals surface area (Å²) in [5.74, 6) is -2.32. The molecule has 1 unspecified atom stereocenters. The van der Waals surface area contributed by atoms with E-state index in [2.05, 4.69) is 15.9 Å². The van der Waals surface area contributed by atoms with E-state index < -0.39 is 16.5 Å². The molecule has 0 N–H and O–H groups in total. The summed E-state index contributed by atoms with van der Waals surface area (Å²) in [5.41, 5.74) is 0.869. The standard InChI is InChI=1S/C14H9BrClF3/c15-10(5-8-3-1-2-4-12(8)17)9-6-13(18)14(19)7-11(9)16/h1-4,6-7,10H,5H2. The second kappa shape index (κ2) is 5.97. The molecule has 0 bridgehead atoms. The summed E-state index contributed by atoms with van der Waals surface area (Å²) >= 11 is 9.20. The van der Waals surface area contributed by atoms with Crippen LogP contribution in [0.15, 0.2) is 36.4 Å². The lowest BCUT2D eigenvalue weighted by Gasteiger charge is -2.13. The first kappa shape index (κ1) is 14.4. The fourth-order valence-electron chi connectivity index (χ4n) is 1.74. The lowest BCUT2D eigenvalue weighted by Crippen LogP contribution is -2.00. The summed E-state index contributed by atoms with van der Waals surface area (Å²) < 4.78 is 39.7. The Hall–Kier alpha value is -1.00. The molecule has 0 nitrogen and oxygen atoms in total. The van der Waals surface area contributed by atoms with Crippen molar-refractivity contribution in [2.45, 2.75) is 11.2 Å². The van der Waals surface area contributed by atoms with E-state index in [0.717, 1.165) is 12.1 Å². The fraction of sp³-hybridized carbons (Fsp3) is 0.143. The zero-order valence-electron chi connectivity index (χ0n) is 9.64. The van der Waals surface area contributed by atoms with Gasteiger partial charge in [-0.3, -0.25) is 0 Å². The van der Waals surface area contributed by atoms with Crippen LogP contribution in [-0.4, -0.2) is 0 Å². The van der Waals surface area contributed by atoms with Crippen molar-refractivity contribution in [3.05, 3.63) is 70.0 Å². The van der Waals surface area contributed by atoms with Crippen LogP contribution in [0, 0.1) is 17.5 Å². The molecule has 0 aliphatic heterocycles. The smallest absolute Gasteiger partial charge is 0.160 e. The van der Waals surface area contributed by atoms with E-state index >= 15 is 0 Å². The molecule has 2 aromatic rings. The number of hydrogen-bond donors (Lipinski definition) is 0. The average molecular weight is 350 g/mol. The van der Waals surface area contributed by atoms with Gasteiger partial charge in [-0.2, -0.15) is 0 Å². The van der Waals surface area contributed by atoms with Crippen LogP contribution in [0.2, 0.25) is 5.02 Å². The zero-order chi connectivity index (χ0) is 14.0. The van der Waals surface area contributed by atoms with E-state index in [4.69, 9.17) is 11.6 Å². The van der Waals surface area contributed by atoms with Crippen molar-refractivity contribution >= 4 is 27.5 Å². The summed E-state index contributed by atoms with van der Waals surface area (Å²) in [6, 6.07) is 8.23. The molecular formula is C14H9BrClF3. The third-order valence-electron chi connectivity index (χ3n) is 2.73. The Morgan fingerprint density at radius 3 is 2.32 bits per heavy atom. The van der Waals surface area contributed by atoms with Gasteiger partial charge in [0.2, 0.25) is 0 Å². The van der Waals surface area contributed by atoms with E-state index in [9.17, 15) is 13.2 Å². The first-order valence-corrected chi connectivity index (χ1v) is 6.80. The minimum absolute atomic E-state index is 0.108. The average Bonchev–Trinajstić information content (AvgIpc) is 2.36. The predicted octanol–water partition coefficient (Wildman–Crippen LogP) is 5.44.